The molecule has 0 atom stereocenters. The molecule has 0 unspecified atom stereocenters. The first-order valence-corrected chi connectivity index (χ1v) is 10.5. The molecule has 0 aliphatic carbocycles. The molecular formula is C18H23NO3S2. The summed E-state index contributed by atoms with van der Waals surface area (Å²) >= 11 is 1.35. The predicted octanol–water partition coefficient (Wildman–Crippen LogP) is 3.67. The zero-order valence-corrected chi connectivity index (χ0v) is 15.5. The standard InChI is InChI=1S/C18H23NO3S2/c1-15-7-8-18(23-15)24(20,21)19-11-9-17(10-12-19)14-22-13-16-5-3-2-4-6-16/h2-8,17H,9-14H2,1H3. The van der Waals surface area contributed by atoms with Gasteiger partial charge in [0.25, 0.3) is 10.0 Å². The SMILES string of the molecule is Cc1ccc(S(=O)(=O)N2CCC(COCc3ccccc3)CC2)s1. The molecule has 1 aromatic carbocycles. The van der Waals surface area contributed by atoms with E-state index in [1.54, 1.807) is 10.4 Å². The first-order chi connectivity index (χ1) is 11.6. The molecule has 2 aromatic rings. The quantitative estimate of drug-likeness (QED) is 0.785. The maximum absolute atomic E-state index is 12.6. The van der Waals surface area contributed by atoms with Gasteiger partial charge in [-0.3, -0.25) is 0 Å². The fraction of sp³-hybridized carbons (Fsp3) is 0.444. The molecule has 0 spiro atoms. The van der Waals surface area contributed by atoms with E-state index in [1.807, 2.05) is 31.2 Å². The summed E-state index contributed by atoms with van der Waals surface area (Å²) in [5.74, 6) is 0.435. The van der Waals surface area contributed by atoms with Crippen LogP contribution < -0.4 is 0 Å². The molecule has 1 saturated heterocycles. The van der Waals surface area contributed by atoms with E-state index >= 15 is 0 Å². The number of benzene rings is 1. The summed E-state index contributed by atoms with van der Waals surface area (Å²) in [6.45, 7) is 4.41. The Hall–Kier alpha value is -1.21. The molecule has 1 aromatic heterocycles. The molecule has 1 fully saturated rings. The summed E-state index contributed by atoms with van der Waals surface area (Å²) in [6, 6.07) is 13.7. The van der Waals surface area contributed by atoms with Gasteiger partial charge in [-0.15, -0.1) is 11.3 Å². The smallest absolute Gasteiger partial charge is 0.252 e. The number of nitrogens with zero attached hydrogens (tertiary/aromatic N) is 1. The lowest BCUT2D eigenvalue weighted by Crippen LogP contribution is -2.39. The van der Waals surface area contributed by atoms with Crippen molar-refractivity contribution in [2.24, 2.45) is 5.92 Å². The van der Waals surface area contributed by atoms with Crippen LogP contribution in [0.4, 0.5) is 0 Å². The van der Waals surface area contributed by atoms with Crippen LogP contribution in [0.2, 0.25) is 0 Å². The number of piperidine rings is 1. The number of ether oxygens (including phenoxy) is 1. The Labute approximate surface area is 148 Å². The normalized spacial score (nSPS) is 17.2. The van der Waals surface area contributed by atoms with E-state index in [9.17, 15) is 8.42 Å². The molecule has 2 heterocycles. The number of rotatable bonds is 6. The highest BCUT2D eigenvalue weighted by atomic mass is 32.2. The van der Waals surface area contributed by atoms with Crippen LogP contribution in [-0.4, -0.2) is 32.4 Å². The van der Waals surface area contributed by atoms with E-state index in [-0.39, 0.29) is 0 Å². The van der Waals surface area contributed by atoms with Crippen molar-refractivity contribution in [3.8, 4) is 0 Å². The van der Waals surface area contributed by atoms with Crippen LogP contribution >= 0.6 is 11.3 Å². The van der Waals surface area contributed by atoms with Crippen molar-refractivity contribution in [3.63, 3.8) is 0 Å². The van der Waals surface area contributed by atoms with Gasteiger partial charge < -0.3 is 4.74 Å². The average molecular weight is 366 g/mol. The van der Waals surface area contributed by atoms with E-state index in [2.05, 4.69) is 12.1 Å². The summed E-state index contributed by atoms with van der Waals surface area (Å²) < 4.78 is 33.1. The Bertz CT molecular complexity index is 748. The van der Waals surface area contributed by atoms with Gasteiger partial charge in [0.1, 0.15) is 4.21 Å². The lowest BCUT2D eigenvalue weighted by Gasteiger charge is -2.30. The molecule has 3 rings (SSSR count). The van der Waals surface area contributed by atoms with Gasteiger partial charge in [-0.25, -0.2) is 8.42 Å². The largest absolute Gasteiger partial charge is 0.376 e. The van der Waals surface area contributed by atoms with Gasteiger partial charge in [-0.05, 0) is 43.4 Å². The van der Waals surface area contributed by atoms with Crippen LogP contribution in [0.3, 0.4) is 0 Å². The number of hydrogen-bond donors (Lipinski definition) is 0. The monoisotopic (exact) mass is 365 g/mol. The van der Waals surface area contributed by atoms with Crippen molar-refractivity contribution < 1.29 is 13.2 Å². The lowest BCUT2D eigenvalue weighted by atomic mass is 9.99. The number of sulfonamides is 1. The van der Waals surface area contributed by atoms with Crippen LogP contribution in [-0.2, 0) is 21.4 Å². The predicted molar refractivity (Wildman–Crippen MR) is 96.6 cm³/mol. The molecule has 0 N–H and O–H groups in total. The second-order valence-corrected chi connectivity index (χ2v) is 9.67. The van der Waals surface area contributed by atoms with E-state index < -0.39 is 10.0 Å². The summed E-state index contributed by atoms with van der Waals surface area (Å²) in [7, 11) is -3.32. The highest BCUT2D eigenvalue weighted by Gasteiger charge is 2.30. The third-order valence-corrected chi connectivity index (χ3v) is 7.72. The first-order valence-electron chi connectivity index (χ1n) is 8.24. The van der Waals surface area contributed by atoms with Crippen molar-refractivity contribution in [2.75, 3.05) is 19.7 Å². The van der Waals surface area contributed by atoms with Crippen LogP contribution in [0.25, 0.3) is 0 Å². The number of aryl methyl sites for hydroxylation is 1. The minimum atomic E-state index is -3.32. The Morgan fingerprint density at radius 2 is 1.83 bits per heavy atom. The Kier molecular flexibility index (Phi) is 5.71. The fourth-order valence-electron chi connectivity index (χ4n) is 2.91. The minimum Gasteiger partial charge on any atom is -0.376 e. The molecule has 1 aliphatic rings. The molecule has 0 radical (unpaired) electrons. The van der Waals surface area contributed by atoms with Crippen LogP contribution in [0.5, 0.6) is 0 Å². The van der Waals surface area contributed by atoms with Crippen molar-refractivity contribution in [2.45, 2.75) is 30.6 Å². The van der Waals surface area contributed by atoms with Gasteiger partial charge in [0.05, 0.1) is 6.61 Å². The maximum Gasteiger partial charge on any atom is 0.252 e. The first kappa shape index (κ1) is 17.6. The van der Waals surface area contributed by atoms with Crippen LogP contribution in [0.1, 0.15) is 23.3 Å². The maximum atomic E-state index is 12.6. The van der Waals surface area contributed by atoms with Crippen LogP contribution in [0.15, 0.2) is 46.7 Å². The van der Waals surface area contributed by atoms with Gasteiger partial charge in [0, 0.05) is 24.6 Å². The number of thiophene rings is 1. The zero-order chi connectivity index (χ0) is 17.0. The minimum absolute atomic E-state index is 0.435. The summed E-state index contributed by atoms with van der Waals surface area (Å²) in [5.41, 5.74) is 1.17. The molecule has 1 aliphatic heterocycles. The highest BCUT2D eigenvalue weighted by molar-refractivity contribution is 7.91. The van der Waals surface area contributed by atoms with Gasteiger partial charge in [-0.2, -0.15) is 4.31 Å². The Balaban J connectivity index is 1.47. The summed E-state index contributed by atoms with van der Waals surface area (Å²) in [5, 5.41) is 0. The zero-order valence-electron chi connectivity index (χ0n) is 13.8. The van der Waals surface area contributed by atoms with Gasteiger partial charge in [-0.1, -0.05) is 30.3 Å². The Morgan fingerprint density at radius 3 is 2.46 bits per heavy atom. The second-order valence-electron chi connectivity index (χ2n) is 6.21. The topological polar surface area (TPSA) is 46.6 Å². The van der Waals surface area contributed by atoms with E-state index in [1.165, 1.54) is 16.9 Å². The van der Waals surface area contributed by atoms with Crippen molar-refractivity contribution in [1.82, 2.24) is 4.31 Å². The fourth-order valence-corrected chi connectivity index (χ4v) is 5.82. The van der Waals surface area contributed by atoms with E-state index in [0.717, 1.165) is 17.7 Å². The molecule has 24 heavy (non-hydrogen) atoms. The molecule has 0 amide bonds. The molecule has 0 saturated carbocycles. The highest BCUT2D eigenvalue weighted by Crippen LogP contribution is 2.28. The van der Waals surface area contributed by atoms with Crippen LogP contribution in [0, 0.1) is 12.8 Å². The van der Waals surface area contributed by atoms with E-state index in [4.69, 9.17) is 4.74 Å². The summed E-state index contributed by atoms with van der Waals surface area (Å²) in [4.78, 5) is 1.03. The molecule has 4 nitrogen and oxygen atoms in total. The van der Waals surface area contributed by atoms with Crippen molar-refractivity contribution in [3.05, 3.63) is 52.9 Å². The van der Waals surface area contributed by atoms with E-state index in [0.29, 0.717) is 36.4 Å². The molecule has 130 valence electrons. The van der Waals surface area contributed by atoms with Crippen molar-refractivity contribution >= 4 is 21.4 Å². The average Bonchev–Trinajstić information content (AvgIpc) is 3.04. The molecular weight excluding hydrogens is 342 g/mol. The third kappa shape index (κ3) is 4.25. The lowest BCUT2D eigenvalue weighted by molar-refractivity contribution is 0.0688. The second kappa shape index (κ2) is 7.78. The van der Waals surface area contributed by atoms with Gasteiger partial charge >= 0.3 is 0 Å². The van der Waals surface area contributed by atoms with Gasteiger partial charge in [0.2, 0.25) is 0 Å². The third-order valence-electron chi connectivity index (χ3n) is 4.35. The molecule has 6 heteroatoms. The van der Waals surface area contributed by atoms with Crippen molar-refractivity contribution in [1.29, 1.82) is 0 Å². The number of hydrogen-bond acceptors (Lipinski definition) is 4. The van der Waals surface area contributed by atoms with Gasteiger partial charge in [0.15, 0.2) is 0 Å². The molecule has 0 bridgehead atoms. The Morgan fingerprint density at radius 1 is 1.12 bits per heavy atom. The summed E-state index contributed by atoms with van der Waals surface area (Å²) in [6.07, 6.45) is 1.72.